The van der Waals surface area contributed by atoms with Crippen LogP contribution in [0, 0.1) is 19.7 Å². The smallest absolute Gasteiger partial charge is 0.224 e. The van der Waals surface area contributed by atoms with Gasteiger partial charge in [0, 0.05) is 51.8 Å². The third-order valence-corrected chi connectivity index (χ3v) is 5.62. The van der Waals surface area contributed by atoms with E-state index in [1.807, 2.05) is 4.90 Å². The number of rotatable bonds is 5. The zero-order chi connectivity index (χ0) is 21.0. The van der Waals surface area contributed by atoms with Crippen LogP contribution in [0.1, 0.15) is 24.5 Å². The summed E-state index contributed by atoms with van der Waals surface area (Å²) in [5, 5.41) is 0. The zero-order valence-electron chi connectivity index (χ0n) is 17.3. The minimum Gasteiger partial charge on any atom is -0.368 e. The lowest BCUT2D eigenvalue weighted by Crippen LogP contribution is -2.49. The number of para-hydroxylation sites is 1. The molecule has 2 amide bonds. The average molecular weight is 397 g/mol. The molecule has 2 aromatic rings. The Morgan fingerprint density at radius 2 is 1.69 bits per heavy atom. The molecule has 0 aliphatic carbocycles. The van der Waals surface area contributed by atoms with Gasteiger partial charge in [0.25, 0.3) is 0 Å². The molecule has 1 aliphatic heterocycles. The van der Waals surface area contributed by atoms with Gasteiger partial charge in [-0.25, -0.2) is 4.39 Å². The van der Waals surface area contributed by atoms with Crippen LogP contribution in [0.25, 0.3) is 0 Å². The van der Waals surface area contributed by atoms with Crippen LogP contribution in [0.5, 0.6) is 0 Å². The van der Waals surface area contributed by atoms with Crippen molar-refractivity contribution in [2.45, 2.75) is 27.2 Å². The fraction of sp³-hybridized carbons (Fsp3) is 0.391. The van der Waals surface area contributed by atoms with Crippen LogP contribution in [-0.4, -0.2) is 49.4 Å². The van der Waals surface area contributed by atoms with E-state index in [9.17, 15) is 14.0 Å². The summed E-state index contributed by atoms with van der Waals surface area (Å²) >= 11 is 0. The van der Waals surface area contributed by atoms with E-state index in [0.29, 0.717) is 13.1 Å². The number of piperazine rings is 1. The highest BCUT2D eigenvalue weighted by atomic mass is 19.1. The summed E-state index contributed by atoms with van der Waals surface area (Å²) in [4.78, 5) is 30.1. The Labute approximate surface area is 171 Å². The lowest BCUT2D eigenvalue weighted by atomic mass is 10.1. The van der Waals surface area contributed by atoms with Gasteiger partial charge >= 0.3 is 0 Å². The van der Waals surface area contributed by atoms with E-state index >= 15 is 0 Å². The quantitative estimate of drug-likeness (QED) is 0.775. The number of nitrogens with zero attached hydrogens (tertiary/aromatic N) is 3. The number of hydrogen-bond donors (Lipinski definition) is 0. The number of halogens is 1. The number of carbonyl (C=O) groups excluding carboxylic acids is 2. The van der Waals surface area contributed by atoms with E-state index in [4.69, 9.17) is 0 Å². The molecule has 29 heavy (non-hydrogen) atoms. The van der Waals surface area contributed by atoms with Crippen molar-refractivity contribution >= 4 is 23.2 Å². The maximum Gasteiger partial charge on any atom is 0.224 e. The van der Waals surface area contributed by atoms with Gasteiger partial charge in [0.15, 0.2) is 0 Å². The van der Waals surface area contributed by atoms with Gasteiger partial charge in [-0.2, -0.15) is 0 Å². The molecule has 1 heterocycles. The molecular formula is C23H28FN3O2. The maximum absolute atomic E-state index is 14.0. The highest BCUT2D eigenvalue weighted by molar-refractivity contribution is 5.92. The second-order valence-electron chi connectivity index (χ2n) is 7.46. The summed E-state index contributed by atoms with van der Waals surface area (Å²) in [7, 11) is 0. The monoisotopic (exact) mass is 397 g/mol. The highest BCUT2D eigenvalue weighted by Crippen LogP contribution is 2.24. The molecule has 0 bridgehead atoms. The molecule has 154 valence electrons. The first-order valence-corrected chi connectivity index (χ1v) is 10.00. The topological polar surface area (TPSA) is 43.9 Å². The third-order valence-electron chi connectivity index (χ3n) is 5.62. The van der Waals surface area contributed by atoms with Crippen LogP contribution in [-0.2, 0) is 9.59 Å². The molecule has 0 N–H and O–H groups in total. The van der Waals surface area contributed by atoms with Crippen molar-refractivity contribution < 1.29 is 14.0 Å². The highest BCUT2D eigenvalue weighted by Gasteiger charge is 2.24. The van der Waals surface area contributed by atoms with Gasteiger partial charge in [-0.1, -0.05) is 24.3 Å². The van der Waals surface area contributed by atoms with E-state index in [2.05, 4.69) is 36.9 Å². The van der Waals surface area contributed by atoms with Crippen LogP contribution in [0.4, 0.5) is 15.8 Å². The molecule has 0 atom stereocenters. The average Bonchev–Trinajstić information content (AvgIpc) is 2.71. The number of amides is 2. The van der Waals surface area contributed by atoms with Gasteiger partial charge in [0.1, 0.15) is 5.82 Å². The van der Waals surface area contributed by atoms with Gasteiger partial charge in [-0.05, 0) is 43.2 Å². The fourth-order valence-electron chi connectivity index (χ4n) is 3.76. The van der Waals surface area contributed by atoms with Crippen molar-refractivity contribution in [2.75, 3.05) is 42.5 Å². The van der Waals surface area contributed by atoms with Crippen LogP contribution >= 0.6 is 0 Å². The molecule has 0 saturated carbocycles. The number of benzene rings is 2. The standard InChI is InChI=1S/C23H28FN3O2/c1-17-7-6-10-21(18(17)2)25-13-15-26(16-14-25)23(29)11-12-27(19(3)28)22-9-5-4-8-20(22)24/h4-10H,11-16H2,1-3H3. The van der Waals surface area contributed by atoms with Gasteiger partial charge in [-0.15, -0.1) is 0 Å². The Morgan fingerprint density at radius 3 is 2.34 bits per heavy atom. The first kappa shape index (κ1) is 20.8. The van der Waals surface area contributed by atoms with Crippen molar-refractivity contribution in [3.05, 3.63) is 59.4 Å². The first-order chi connectivity index (χ1) is 13.9. The third kappa shape index (κ3) is 4.75. The van der Waals surface area contributed by atoms with E-state index in [1.54, 1.807) is 18.2 Å². The molecule has 3 rings (SSSR count). The van der Waals surface area contributed by atoms with Gasteiger partial charge in [0.05, 0.1) is 5.69 Å². The SMILES string of the molecule is CC(=O)N(CCC(=O)N1CCN(c2cccc(C)c2C)CC1)c1ccccc1F. The number of carbonyl (C=O) groups is 2. The van der Waals surface area contributed by atoms with E-state index in [0.717, 1.165) is 13.1 Å². The summed E-state index contributed by atoms with van der Waals surface area (Å²) in [6, 6.07) is 12.4. The Bertz CT molecular complexity index is 891. The Kier molecular flexibility index (Phi) is 6.52. The van der Waals surface area contributed by atoms with Crippen LogP contribution in [0.15, 0.2) is 42.5 Å². The molecule has 0 unspecified atom stereocenters. The zero-order valence-corrected chi connectivity index (χ0v) is 17.3. The lowest BCUT2D eigenvalue weighted by Gasteiger charge is -2.37. The summed E-state index contributed by atoms with van der Waals surface area (Å²) < 4.78 is 14.0. The molecule has 6 heteroatoms. The predicted octanol–water partition coefficient (Wildman–Crippen LogP) is 3.53. The maximum atomic E-state index is 14.0. The summed E-state index contributed by atoms with van der Waals surface area (Å²) in [5.41, 5.74) is 3.97. The van der Waals surface area contributed by atoms with Crippen LogP contribution in [0.2, 0.25) is 0 Å². The summed E-state index contributed by atoms with van der Waals surface area (Å²) in [5.74, 6) is -0.742. The largest absolute Gasteiger partial charge is 0.368 e. The van der Waals surface area contributed by atoms with Crippen molar-refractivity contribution in [2.24, 2.45) is 0 Å². The van der Waals surface area contributed by atoms with Gasteiger partial charge in [0.2, 0.25) is 11.8 Å². The van der Waals surface area contributed by atoms with Crippen LogP contribution < -0.4 is 9.80 Å². The summed E-state index contributed by atoms with van der Waals surface area (Å²) in [6.07, 6.45) is 0.178. The molecule has 0 aromatic heterocycles. The Hall–Kier alpha value is -2.89. The second kappa shape index (κ2) is 9.07. The number of anilines is 2. The second-order valence-corrected chi connectivity index (χ2v) is 7.46. The van der Waals surface area contributed by atoms with E-state index in [-0.39, 0.29) is 30.5 Å². The van der Waals surface area contributed by atoms with Crippen molar-refractivity contribution in [1.29, 1.82) is 0 Å². The van der Waals surface area contributed by atoms with Crippen molar-refractivity contribution in [1.82, 2.24) is 4.90 Å². The molecule has 1 saturated heterocycles. The van der Waals surface area contributed by atoms with E-state index < -0.39 is 5.82 Å². The molecule has 0 spiro atoms. The van der Waals surface area contributed by atoms with Gasteiger partial charge in [-0.3, -0.25) is 9.59 Å². The Balaban J connectivity index is 1.57. The minimum atomic E-state index is -0.461. The molecule has 2 aromatic carbocycles. The number of hydrogen-bond acceptors (Lipinski definition) is 3. The molecule has 5 nitrogen and oxygen atoms in total. The van der Waals surface area contributed by atoms with Crippen molar-refractivity contribution in [3.8, 4) is 0 Å². The van der Waals surface area contributed by atoms with Gasteiger partial charge < -0.3 is 14.7 Å². The normalized spacial score (nSPS) is 14.1. The Morgan fingerprint density at radius 1 is 1.00 bits per heavy atom. The van der Waals surface area contributed by atoms with Crippen LogP contribution in [0.3, 0.4) is 0 Å². The lowest BCUT2D eigenvalue weighted by molar-refractivity contribution is -0.131. The molecular weight excluding hydrogens is 369 g/mol. The molecule has 1 aliphatic rings. The number of aryl methyl sites for hydroxylation is 1. The predicted molar refractivity (Wildman–Crippen MR) is 114 cm³/mol. The summed E-state index contributed by atoms with van der Waals surface area (Å²) in [6.45, 7) is 8.64. The molecule has 0 radical (unpaired) electrons. The molecule has 1 fully saturated rings. The first-order valence-electron chi connectivity index (χ1n) is 10.00. The minimum absolute atomic E-state index is 0.00629. The van der Waals surface area contributed by atoms with Crippen molar-refractivity contribution in [3.63, 3.8) is 0 Å². The van der Waals surface area contributed by atoms with E-state index in [1.165, 1.54) is 34.7 Å². The fourth-order valence-corrected chi connectivity index (χ4v) is 3.76.